The van der Waals surface area contributed by atoms with Crippen LogP contribution in [0, 0.1) is 0 Å². The number of anilines is 1. The van der Waals surface area contributed by atoms with Crippen molar-refractivity contribution in [2.24, 2.45) is 0 Å². The SMILES string of the molecule is COc1ccc2cc(C(=O)Nc3ccccc3Cc3ccccc3)[nH]c2c1. The van der Waals surface area contributed by atoms with Crippen molar-refractivity contribution < 1.29 is 9.53 Å². The van der Waals surface area contributed by atoms with Crippen molar-refractivity contribution in [3.63, 3.8) is 0 Å². The van der Waals surface area contributed by atoms with Crippen LogP contribution in [-0.4, -0.2) is 18.0 Å². The molecule has 1 heterocycles. The quantitative estimate of drug-likeness (QED) is 0.527. The van der Waals surface area contributed by atoms with E-state index in [1.165, 1.54) is 5.56 Å². The predicted molar refractivity (Wildman–Crippen MR) is 108 cm³/mol. The third-order valence-corrected chi connectivity index (χ3v) is 4.58. The van der Waals surface area contributed by atoms with Gasteiger partial charge in [-0.3, -0.25) is 4.79 Å². The van der Waals surface area contributed by atoms with Crippen molar-refractivity contribution in [3.8, 4) is 5.75 Å². The van der Waals surface area contributed by atoms with Gasteiger partial charge in [0.2, 0.25) is 0 Å². The average Bonchev–Trinajstić information content (AvgIpc) is 3.13. The number of fused-ring (bicyclic) bond motifs is 1. The van der Waals surface area contributed by atoms with Crippen LogP contribution in [0.5, 0.6) is 5.75 Å². The highest BCUT2D eigenvalue weighted by Gasteiger charge is 2.12. The van der Waals surface area contributed by atoms with E-state index >= 15 is 0 Å². The van der Waals surface area contributed by atoms with E-state index < -0.39 is 0 Å². The molecule has 2 N–H and O–H groups in total. The van der Waals surface area contributed by atoms with Crippen molar-refractivity contribution in [2.75, 3.05) is 12.4 Å². The predicted octanol–water partition coefficient (Wildman–Crippen LogP) is 5.02. The van der Waals surface area contributed by atoms with E-state index in [0.717, 1.165) is 34.3 Å². The molecule has 27 heavy (non-hydrogen) atoms. The molecule has 4 heteroatoms. The molecule has 0 aliphatic rings. The molecule has 0 saturated heterocycles. The summed E-state index contributed by atoms with van der Waals surface area (Å²) in [6.07, 6.45) is 0.765. The molecule has 134 valence electrons. The Labute approximate surface area is 157 Å². The summed E-state index contributed by atoms with van der Waals surface area (Å²) in [4.78, 5) is 15.9. The molecule has 0 saturated carbocycles. The van der Waals surface area contributed by atoms with Crippen LogP contribution in [0.25, 0.3) is 10.9 Å². The van der Waals surface area contributed by atoms with Crippen LogP contribution in [0.15, 0.2) is 78.9 Å². The Morgan fingerprint density at radius 1 is 0.963 bits per heavy atom. The van der Waals surface area contributed by atoms with Crippen molar-refractivity contribution in [3.05, 3.63) is 95.7 Å². The van der Waals surface area contributed by atoms with Gasteiger partial charge in [-0.2, -0.15) is 0 Å². The molecule has 1 aromatic heterocycles. The first kappa shape index (κ1) is 16.9. The zero-order chi connectivity index (χ0) is 18.6. The van der Waals surface area contributed by atoms with Crippen LogP contribution in [0.4, 0.5) is 5.69 Å². The zero-order valence-corrected chi connectivity index (χ0v) is 15.0. The van der Waals surface area contributed by atoms with Crippen LogP contribution in [0.2, 0.25) is 0 Å². The fraction of sp³-hybridized carbons (Fsp3) is 0.0870. The van der Waals surface area contributed by atoms with E-state index in [2.05, 4.69) is 22.4 Å². The number of para-hydroxylation sites is 1. The number of rotatable bonds is 5. The number of aromatic nitrogens is 1. The third kappa shape index (κ3) is 3.70. The van der Waals surface area contributed by atoms with E-state index in [4.69, 9.17) is 4.74 Å². The number of methoxy groups -OCH3 is 1. The minimum atomic E-state index is -0.161. The monoisotopic (exact) mass is 356 g/mol. The first-order chi connectivity index (χ1) is 13.2. The van der Waals surface area contributed by atoms with E-state index in [-0.39, 0.29) is 5.91 Å². The van der Waals surface area contributed by atoms with Crippen molar-refractivity contribution >= 4 is 22.5 Å². The van der Waals surface area contributed by atoms with Gasteiger partial charge in [0.15, 0.2) is 0 Å². The number of H-pyrrole nitrogens is 1. The van der Waals surface area contributed by atoms with Crippen LogP contribution in [-0.2, 0) is 6.42 Å². The Morgan fingerprint density at radius 3 is 2.56 bits per heavy atom. The lowest BCUT2D eigenvalue weighted by molar-refractivity contribution is 0.102. The Bertz CT molecular complexity index is 1080. The fourth-order valence-corrected chi connectivity index (χ4v) is 3.16. The largest absolute Gasteiger partial charge is 0.497 e. The molecule has 4 nitrogen and oxygen atoms in total. The molecule has 0 atom stereocenters. The summed E-state index contributed by atoms with van der Waals surface area (Å²) in [6, 6.07) is 25.7. The molecule has 0 fully saturated rings. The van der Waals surface area contributed by atoms with Gasteiger partial charge in [0.05, 0.1) is 7.11 Å². The maximum absolute atomic E-state index is 12.8. The molecule has 0 aliphatic carbocycles. The maximum atomic E-state index is 12.8. The maximum Gasteiger partial charge on any atom is 0.272 e. The topological polar surface area (TPSA) is 54.1 Å². The van der Waals surface area contributed by atoms with Gasteiger partial charge in [-0.15, -0.1) is 0 Å². The van der Waals surface area contributed by atoms with Crippen molar-refractivity contribution in [1.29, 1.82) is 0 Å². The Kier molecular flexibility index (Phi) is 4.62. The fourth-order valence-electron chi connectivity index (χ4n) is 3.16. The van der Waals surface area contributed by atoms with Gasteiger partial charge < -0.3 is 15.0 Å². The Balaban J connectivity index is 1.58. The number of hydrogen-bond acceptors (Lipinski definition) is 2. The van der Waals surface area contributed by atoms with Crippen LogP contribution < -0.4 is 10.1 Å². The molecule has 0 aliphatic heterocycles. The number of hydrogen-bond donors (Lipinski definition) is 2. The highest BCUT2D eigenvalue weighted by atomic mass is 16.5. The number of carbonyl (C=O) groups is 1. The highest BCUT2D eigenvalue weighted by Crippen LogP contribution is 2.23. The Hall–Kier alpha value is -3.53. The summed E-state index contributed by atoms with van der Waals surface area (Å²) in [5.41, 5.74) is 4.50. The van der Waals surface area contributed by atoms with Gasteiger partial charge >= 0.3 is 0 Å². The summed E-state index contributed by atoms with van der Waals surface area (Å²) in [5.74, 6) is 0.593. The van der Waals surface area contributed by atoms with Gasteiger partial charge in [0.1, 0.15) is 11.4 Å². The number of ether oxygens (including phenoxy) is 1. The lowest BCUT2D eigenvalue weighted by Crippen LogP contribution is -2.13. The van der Waals surface area contributed by atoms with Gasteiger partial charge in [-0.1, -0.05) is 48.5 Å². The number of nitrogens with one attached hydrogen (secondary N) is 2. The lowest BCUT2D eigenvalue weighted by atomic mass is 10.0. The molecular formula is C23H20N2O2. The van der Waals surface area contributed by atoms with E-state index in [9.17, 15) is 4.79 Å². The second-order valence-electron chi connectivity index (χ2n) is 6.41. The number of aromatic amines is 1. The molecule has 4 rings (SSSR count). The Morgan fingerprint density at radius 2 is 1.74 bits per heavy atom. The summed E-state index contributed by atoms with van der Waals surface area (Å²) in [6.45, 7) is 0. The summed E-state index contributed by atoms with van der Waals surface area (Å²) in [7, 11) is 1.63. The van der Waals surface area contributed by atoms with E-state index in [0.29, 0.717) is 5.69 Å². The van der Waals surface area contributed by atoms with Crippen LogP contribution in [0.3, 0.4) is 0 Å². The molecule has 0 unspecified atom stereocenters. The average molecular weight is 356 g/mol. The lowest BCUT2D eigenvalue weighted by Gasteiger charge is -2.10. The second-order valence-corrected chi connectivity index (χ2v) is 6.41. The van der Waals surface area contributed by atoms with Gasteiger partial charge in [-0.25, -0.2) is 0 Å². The molecule has 3 aromatic carbocycles. The smallest absolute Gasteiger partial charge is 0.272 e. The standard InChI is InChI=1S/C23H20N2O2/c1-27-19-12-11-18-14-22(24-21(18)15-19)23(26)25-20-10-6-5-9-17(20)13-16-7-3-2-4-8-16/h2-12,14-15,24H,13H2,1H3,(H,25,26). The van der Waals surface area contributed by atoms with Crippen molar-refractivity contribution in [2.45, 2.75) is 6.42 Å². The summed E-state index contributed by atoms with van der Waals surface area (Å²) in [5, 5.41) is 4.01. The molecule has 0 radical (unpaired) electrons. The minimum absolute atomic E-state index is 0.161. The molecule has 0 bridgehead atoms. The number of amides is 1. The van der Waals surface area contributed by atoms with Crippen LogP contribution >= 0.6 is 0 Å². The van der Waals surface area contributed by atoms with E-state index in [1.54, 1.807) is 7.11 Å². The van der Waals surface area contributed by atoms with Gasteiger partial charge in [0.25, 0.3) is 5.91 Å². The second kappa shape index (κ2) is 7.38. The zero-order valence-electron chi connectivity index (χ0n) is 15.0. The molecule has 0 spiro atoms. The minimum Gasteiger partial charge on any atom is -0.497 e. The summed E-state index contributed by atoms with van der Waals surface area (Å²) < 4.78 is 5.24. The molecule has 4 aromatic rings. The van der Waals surface area contributed by atoms with Crippen molar-refractivity contribution in [1.82, 2.24) is 4.98 Å². The normalized spacial score (nSPS) is 10.7. The van der Waals surface area contributed by atoms with Gasteiger partial charge in [-0.05, 0) is 41.8 Å². The first-order valence-corrected chi connectivity index (χ1v) is 8.83. The highest BCUT2D eigenvalue weighted by molar-refractivity contribution is 6.06. The number of carbonyl (C=O) groups excluding carboxylic acids is 1. The third-order valence-electron chi connectivity index (χ3n) is 4.58. The number of benzene rings is 3. The first-order valence-electron chi connectivity index (χ1n) is 8.83. The molecular weight excluding hydrogens is 336 g/mol. The summed E-state index contributed by atoms with van der Waals surface area (Å²) >= 11 is 0. The van der Waals surface area contributed by atoms with E-state index in [1.807, 2.05) is 66.7 Å². The van der Waals surface area contributed by atoms with Crippen LogP contribution in [0.1, 0.15) is 21.6 Å². The van der Waals surface area contributed by atoms with Gasteiger partial charge in [0, 0.05) is 22.7 Å². The molecule has 1 amide bonds.